The minimum Gasteiger partial charge on any atom is -0.454 e. The summed E-state index contributed by atoms with van der Waals surface area (Å²) >= 11 is 7.36. The molecule has 0 radical (unpaired) electrons. The zero-order valence-corrected chi connectivity index (χ0v) is 23.5. The van der Waals surface area contributed by atoms with E-state index in [1.54, 1.807) is 35.2 Å². The molecule has 0 bridgehead atoms. The normalized spacial score (nSPS) is 12.6. The van der Waals surface area contributed by atoms with E-state index in [0.29, 0.717) is 32.9 Å². The molecule has 1 aromatic heterocycles. The number of amides is 2. The van der Waals surface area contributed by atoms with Gasteiger partial charge in [0.15, 0.2) is 16.7 Å². The second-order valence-corrected chi connectivity index (χ2v) is 10.6. The number of nitrogens with zero attached hydrogens (tertiary/aromatic N) is 3. The zero-order valence-electron chi connectivity index (χ0n) is 22.0. The minimum absolute atomic E-state index is 0.0527. The van der Waals surface area contributed by atoms with Gasteiger partial charge in [-0.25, -0.2) is 9.97 Å². The van der Waals surface area contributed by atoms with Crippen LogP contribution in [0.1, 0.15) is 28.6 Å². The number of halogens is 1. The summed E-state index contributed by atoms with van der Waals surface area (Å²) < 4.78 is 10.9. The third-order valence-corrected chi connectivity index (χ3v) is 7.27. The maximum atomic E-state index is 13.9. The highest BCUT2D eigenvalue weighted by Gasteiger charge is 2.32. The maximum absolute atomic E-state index is 13.9. The van der Waals surface area contributed by atoms with E-state index in [-0.39, 0.29) is 30.9 Å². The Morgan fingerprint density at radius 2 is 1.65 bits per heavy atom. The van der Waals surface area contributed by atoms with Gasteiger partial charge < -0.3 is 19.7 Å². The van der Waals surface area contributed by atoms with Crippen LogP contribution in [0.2, 0.25) is 5.02 Å². The van der Waals surface area contributed by atoms with E-state index in [4.69, 9.17) is 21.1 Å². The number of aromatic nitrogens is 2. The topological polar surface area (TPSA) is 93.7 Å². The van der Waals surface area contributed by atoms with Gasteiger partial charge in [0.2, 0.25) is 12.7 Å². The van der Waals surface area contributed by atoms with Crippen molar-refractivity contribution in [2.75, 3.05) is 17.9 Å². The first kappa shape index (κ1) is 27.5. The Labute approximate surface area is 241 Å². The summed E-state index contributed by atoms with van der Waals surface area (Å²) in [6.07, 6.45) is 0. The molecule has 8 nitrogen and oxygen atoms in total. The first-order valence-electron chi connectivity index (χ1n) is 12.6. The molecule has 0 fully saturated rings. The molecule has 0 spiro atoms. The van der Waals surface area contributed by atoms with E-state index >= 15 is 0 Å². The number of ether oxygens (including phenoxy) is 2. The Morgan fingerprint density at radius 1 is 0.950 bits per heavy atom. The molecule has 2 amide bonds. The van der Waals surface area contributed by atoms with Crippen LogP contribution in [0.5, 0.6) is 11.5 Å². The average molecular weight is 575 g/mol. The van der Waals surface area contributed by atoms with Crippen LogP contribution in [0.15, 0.2) is 84.0 Å². The van der Waals surface area contributed by atoms with Crippen molar-refractivity contribution in [3.63, 3.8) is 0 Å². The number of hydrogen-bond acceptors (Lipinski definition) is 7. The summed E-state index contributed by atoms with van der Waals surface area (Å²) in [6.45, 7) is 4.10. The molecule has 10 heteroatoms. The van der Waals surface area contributed by atoms with Gasteiger partial charge in [-0.15, -0.1) is 0 Å². The van der Waals surface area contributed by atoms with E-state index in [0.717, 1.165) is 17.0 Å². The van der Waals surface area contributed by atoms with Crippen molar-refractivity contribution in [3.8, 4) is 11.5 Å². The number of anilines is 1. The van der Waals surface area contributed by atoms with Crippen LogP contribution >= 0.6 is 23.4 Å². The van der Waals surface area contributed by atoms with Gasteiger partial charge in [-0.3, -0.25) is 9.59 Å². The first-order valence-corrected chi connectivity index (χ1v) is 14.0. The Morgan fingerprint density at radius 3 is 2.38 bits per heavy atom. The lowest BCUT2D eigenvalue weighted by molar-refractivity contribution is -0.137. The molecule has 0 saturated heterocycles. The summed E-state index contributed by atoms with van der Waals surface area (Å²) in [7, 11) is 0. The molecule has 1 aliphatic heterocycles. The van der Waals surface area contributed by atoms with E-state index in [1.807, 2.05) is 62.4 Å². The van der Waals surface area contributed by atoms with Gasteiger partial charge in [-0.2, -0.15) is 0 Å². The lowest BCUT2D eigenvalue weighted by atomic mass is 10.0. The largest absolute Gasteiger partial charge is 0.454 e. The van der Waals surface area contributed by atoms with E-state index in [1.165, 1.54) is 11.8 Å². The lowest BCUT2D eigenvalue weighted by Crippen LogP contribution is -2.41. The lowest BCUT2D eigenvalue weighted by Gasteiger charge is -2.31. The van der Waals surface area contributed by atoms with Crippen molar-refractivity contribution >= 4 is 40.9 Å². The summed E-state index contributed by atoms with van der Waals surface area (Å²) in [6, 6.07) is 22.6. The molecule has 0 aliphatic carbocycles. The molecule has 1 atom stereocenters. The number of rotatable bonds is 9. The number of carbonyl (C=O) groups excluding carboxylic acids is 2. The molecule has 3 aromatic carbocycles. The highest BCUT2D eigenvalue weighted by Crippen LogP contribution is 2.35. The fourth-order valence-corrected chi connectivity index (χ4v) is 5.33. The van der Waals surface area contributed by atoms with Crippen LogP contribution in [0.4, 0.5) is 5.69 Å². The van der Waals surface area contributed by atoms with Gasteiger partial charge in [0.25, 0.3) is 5.91 Å². The Balaban J connectivity index is 1.46. The van der Waals surface area contributed by atoms with Crippen molar-refractivity contribution < 1.29 is 19.1 Å². The molecule has 0 saturated carbocycles. The number of benzene rings is 3. The summed E-state index contributed by atoms with van der Waals surface area (Å²) in [4.78, 5) is 38.3. The number of aryl methyl sites for hydroxylation is 2. The second-order valence-electron chi connectivity index (χ2n) is 9.24. The molecule has 5 rings (SSSR count). The SMILES string of the molecule is Cc1cc(C)nc(SCC(=O)N(Cc2ccc(Cl)cc2)[C@H](C(=O)Nc2ccc3c(c2)OCO3)c2ccccc2)n1. The smallest absolute Gasteiger partial charge is 0.251 e. The van der Waals surface area contributed by atoms with Crippen LogP contribution in [-0.4, -0.2) is 39.2 Å². The van der Waals surface area contributed by atoms with Gasteiger partial charge in [0, 0.05) is 34.7 Å². The van der Waals surface area contributed by atoms with Crippen molar-refractivity contribution in [2.24, 2.45) is 0 Å². The molecule has 4 aromatic rings. The predicted octanol–water partition coefficient (Wildman–Crippen LogP) is 5.98. The van der Waals surface area contributed by atoms with Gasteiger partial charge in [-0.1, -0.05) is 65.8 Å². The third kappa shape index (κ3) is 6.73. The Kier molecular flexibility index (Phi) is 8.52. The highest BCUT2D eigenvalue weighted by atomic mass is 35.5. The Hall–Kier alpha value is -4.08. The van der Waals surface area contributed by atoms with E-state index < -0.39 is 6.04 Å². The van der Waals surface area contributed by atoms with E-state index in [2.05, 4.69) is 15.3 Å². The van der Waals surface area contributed by atoms with Crippen LogP contribution in [-0.2, 0) is 16.1 Å². The Bertz CT molecular complexity index is 1500. The maximum Gasteiger partial charge on any atom is 0.251 e. The monoisotopic (exact) mass is 574 g/mol. The number of fused-ring (bicyclic) bond motifs is 1. The molecular formula is C30H27ClN4O4S. The zero-order chi connectivity index (χ0) is 28.1. The molecule has 40 heavy (non-hydrogen) atoms. The quantitative estimate of drug-likeness (QED) is 0.194. The average Bonchev–Trinajstić information content (AvgIpc) is 3.41. The van der Waals surface area contributed by atoms with Crippen molar-refractivity contribution in [2.45, 2.75) is 31.6 Å². The second kappa shape index (κ2) is 12.4. The fraction of sp³-hybridized carbons (Fsp3) is 0.200. The first-order chi connectivity index (χ1) is 19.4. The third-order valence-electron chi connectivity index (χ3n) is 6.19. The summed E-state index contributed by atoms with van der Waals surface area (Å²) in [5, 5.41) is 4.07. The predicted molar refractivity (Wildman–Crippen MR) is 155 cm³/mol. The molecule has 0 unspecified atom stereocenters. The van der Waals surface area contributed by atoms with Crippen molar-refractivity contribution in [1.29, 1.82) is 0 Å². The molecular weight excluding hydrogens is 548 g/mol. The molecule has 1 N–H and O–H groups in total. The number of carbonyl (C=O) groups is 2. The molecule has 2 heterocycles. The molecule has 1 aliphatic rings. The highest BCUT2D eigenvalue weighted by molar-refractivity contribution is 7.99. The van der Waals surface area contributed by atoms with Crippen molar-refractivity contribution in [3.05, 3.63) is 106 Å². The number of hydrogen-bond donors (Lipinski definition) is 1. The minimum atomic E-state index is -0.921. The number of thioether (sulfide) groups is 1. The standard InChI is InChI=1S/C30H27ClN4O4S/c1-19-14-20(2)33-30(32-19)40-17-27(36)35(16-21-8-10-23(31)11-9-21)28(22-6-4-3-5-7-22)29(37)34-24-12-13-25-26(15-24)39-18-38-25/h3-15,28H,16-18H2,1-2H3,(H,34,37)/t28-/m0/s1. The van der Waals surface area contributed by atoms with Crippen LogP contribution in [0, 0.1) is 13.8 Å². The van der Waals surface area contributed by atoms with Gasteiger partial charge in [0.05, 0.1) is 5.75 Å². The van der Waals surface area contributed by atoms with E-state index in [9.17, 15) is 9.59 Å². The van der Waals surface area contributed by atoms with Crippen molar-refractivity contribution in [1.82, 2.24) is 14.9 Å². The summed E-state index contributed by atoms with van der Waals surface area (Å²) in [5.41, 5.74) is 3.70. The number of nitrogens with one attached hydrogen (secondary N) is 1. The van der Waals surface area contributed by atoms with Gasteiger partial charge in [0.1, 0.15) is 6.04 Å². The molecule has 204 valence electrons. The van der Waals surface area contributed by atoms with Crippen LogP contribution < -0.4 is 14.8 Å². The van der Waals surface area contributed by atoms with Gasteiger partial charge in [-0.05, 0) is 55.3 Å². The summed E-state index contributed by atoms with van der Waals surface area (Å²) in [5.74, 6) is 0.616. The fourth-order valence-electron chi connectivity index (χ4n) is 4.37. The van der Waals surface area contributed by atoms with Gasteiger partial charge >= 0.3 is 0 Å². The van der Waals surface area contributed by atoms with Crippen LogP contribution in [0.25, 0.3) is 0 Å². The van der Waals surface area contributed by atoms with Crippen LogP contribution in [0.3, 0.4) is 0 Å².